The third-order valence-electron chi connectivity index (χ3n) is 4.42. The van der Waals surface area contributed by atoms with Crippen LogP contribution >= 0.6 is 11.3 Å². The number of rotatable bonds is 5. The maximum atomic E-state index is 13.3. The number of nitrogens with one attached hydrogen (secondary N) is 1. The quantitative estimate of drug-likeness (QED) is 0.650. The molecule has 0 bridgehead atoms. The Hall–Kier alpha value is -3.46. The van der Waals surface area contributed by atoms with Crippen molar-refractivity contribution in [2.45, 2.75) is 6.42 Å². The van der Waals surface area contributed by atoms with Crippen LogP contribution in [-0.2, 0) is 6.42 Å². The predicted molar refractivity (Wildman–Crippen MR) is 102 cm³/mol. The molecule has 0 saturated carbocycles. The van der Waals surface area contributed by atoms with Gasteiger partial charge < -0.3 is 0 Å². The molecule has 1 aliphatic heterocycles. The summed E-state index contributed by atoms with van der Waals surface area (Å²) in [5.74, 6) is -3.43. The normalized spacial score (nSPS) is 13.0. The van der Waals surface area contributed by atoms with Gasteiger partial charge in [0.05, 0.1) is 11.1 Å². The van der Waals surface area contributed by atoms with Crippen molar-refractivity contribution < 1.29 is 23.2 Å². The molecule has 3 amide bonds. The second-order valence-corrected chi connectivity index (χ2v) is 7.39. The summed E-state index contributed by atoms with van der Waals surface area (Å²) < 4.78 is 26.2. The summed E-state index contributed by atoms with van der Waals surface area (Å²) >= 11 is 1.17. The molecule has 1 N–H and O–H groups in total. The smallest absolute Gasteiger partial charge is 0.261 e. The van der Waals surface area contributed by atoms with Crippen LogP contribution in [-0.4, -0.2) is 34.2 Å². The highest BCUT2D eigenvalue weighted by molar-refractivity contribution is 7.15. The summed E-state index contributed by atoms with van der Waals surface area (Å²) in [4.78, 5) is 42.9. The van der Waals surface area contributed by atoms with Crippen molar-refractivity contribution in [3.63, 3.8) is 0 Å². The van der Waals surface area contributed by atoms with Gasteiger partial charge in [-0.05, 0) is 30.3 Å². The lowest BCUT2D eigenvalue weighted by Crippen LogP contribution is -2.31. The van der Waals surface area contributed by atoms with Gasteiger partial charge in [0.1, 0.15) is 0 Å². The van der Waals surface area contributed by atoms with E-state index in [9.17, 15) is 23.2 Å². The minimum atomic E-state index is -1.11. The number of fused-ring (bicyclic) bond motifs is 1. The zero-order valence-corrected chi connectivity index (χ0v) is 15.6. The monoisotopic (exact) mass is 413 g/mol. The number of imide groups is 1. The molecule has 0 saturated heterocycles. The molecule has 1 aliphatic rings. The van der Waals surface area contributed by atoms with Crippen LogP contribution in [0.1, 0.15) is 36.0 Å². The van der Waals surface area contributed by atoms with Gasteiger partial charge in [0.15, 0.2) is 16.8 Å². The number of carbonyl (C=O) groups excluding carboxylic acids is 3. The molecule has 0 unspecified atom stereocenters. The van der Waals surface area contributed by atoms with Gasteiger partial charge in [-0.15, -0.1) is 11.3 Å². The van der Waals surface area contributed by atoms with E-state index in [0.29, 0.717) is 17.5 Å². The van der Waals surface area contributed by atoms with E-state index in [1.54, 1.807) is 24.3 Å². The van der Waals surface area contributed by atoms with Crippen molar-refractivity contribution >= 4 is 34.2 Å². The minimum absolute atomic E-state index is 0.0355. The van der Waals surface area contributed by atoms with E-state index in [0.717, 1.165) is 17.0 Å². The summed E-state index contributed by atoms with van der Waals surface area (Å²) in [6.45, 7) is 0.186. The van der Waals surface area contributed by atoms with E-state index in [4.69, 9.17) is 0 Å². The van der Waals surface area contributed by atoms with Gasteiger partial charge in [-0.2, -0.15) is 0 Å². The molecular weight excluding hydrogens is 400 g/mol. The third-order valence-corrected chi connectivity index (χ3v) is 5.39. The Morgan fingerprint density at radius 2 is 1.72 bits per heavy atom. The molecule has 4 rings (SSSR count). The zero-order valence-electron chi connectivity index (χ0n) is 14.8. The molecule has 29 heavy (non-hydrogen) atoms. The summed E-state index contributed by atoms with van der Waals surface area (Å²) in [5, 5.41) is 2.79. The number of nitrogens with zero attached hydrogens (tertiary/aromatic N) is 2. The number of hydrogen-bond acceptors (Lipinski definition) is 5. The molecule has 2 heterocycles. The maximum absolute atomic E-state index is 13.3. The Bertz CT molecular complexity index is 1110. The lowest BCUT2D eigenvalue weighted by molar-refractivity contribution is 0.0656. The lowest BCUT2D eigenvalue weighted by atomic mass is 10.1. The second-order valence-electron chi connectivity index (χ2n) is 6.27. The molecule has 1 aromatic heterocycles. The van der Waals surface area contributed by atoms with E-state index in [1.165, 1.54) is 28.5 Å². The number of aromatic nitrogens is 1. The number of benzene rings is 2. The van der Waals surface area contributed by atoms with Gasteiger partial charge in [0.25, 0.3) is 17.7 Å². The Kier molecular flexibility index (Phi) is 4.89. The van der Waals surface area contributed by atoms with Crippen molar-refractivity contribution in [1.29, 1.82) is 0 Å². The predicted octanol–water partition coefficient (Wildman–Crippen LogP) is 3.51. The van der Waals surface area contributed by atoms with E-state index in [1.807, 2.05) is 0 Å². The van der Waals surface area contributed by atoms with Crippen LogP contribution in [0.4, 0.5) is 13.9 Å². The third kappa shape index (κ3) is 3.64. The van der Waals surface area contributed by atoms with Crippen molar-refractivity contribution in [3.05, 3.63) is 81.9 Å². The molecule has 9 heteroatoms. The fourth-order valence-corrected chi connectivity index (χ4v) is 3.75. The minimum Gasteiger partial charge on any atom is -0.298 e. The number of carbonyl (C=O) groups is 3. The number of amides is 3. The van der Waals surface area contributed by atoms with Crippen LogP contribution in [0, 0.1) is 11.6 Å². The van der Waals surface area contributed by atoms with E-state index >= 15 is 0 Å². The fraction of sp³-hybridized carbons (Fsp3) is 0.100. The van der Waals surface area contributed by atoms with Gasteiger partial charge in [0, 0.05) is 29.6 Å². The van der Waals surface area contributed by atoms with Crippen molar-refractivity contribution in [2.24, 2.45) is 0 Å². The SMILES string of the molecule is O=C(Nc1ncc(CCN2C(=O)c3ccccc3C2=O)s1)c1ccc(F)c(F)c1. The van der Waals surface area contributed by atoms with Gasteiger partial charge >= 0.3 is 0 Å². The number of thiazole rings is 1. The standard InChI is InChI=1S/C20H13F2N3O3S/c21-15-6-5-11(9-16(15)22)17(26)24-20-23-10-12(29-20)7-8-25-18(27)13-3-1-2-4-14(13)19(25)28/h1-6,9-10H,7-8H2,(H,23,24,26). The van der Waals surface area contributed by atoms with Crippen LogP contribution in [0.15, 0.2) is 48.7 Å². The molecule has 3 aromatic rings. The van der Waals surface area contributed by atoms with Gasteiger partial charge in [-0.25, -0.2) is 13.8 Å². The van der Waals surface area contributed by atoms with Gasteiger partial charge in [0.2, 0.25) is 0 Å². The molecule has 0 aliphatic carbocycles. The summed E-state index contributed by atoms with van der Waals surface area (Å²) in [7, 11) is 0. The summed E-state index contributed by atoms with van der Waals surface area (Å²) in [6, 6.07) is 9.51. The second kappa shape index (κ2) is 7.51. The van der Waals surface area contributed by atoms with Crippen LogP contribution in [0.5, 0.6) is 0 Å². The van der Waals surface area contributed by atoms with Crippen molar-refractivity contribution in [1.82, 2.24) is 9.88 Å². The fourth-order valence-electron chi connectivity index (χ4n) is 2.95. The molecule has 6 nitrogen and oxygen atoms in total. The van der Waals surface area contributed by atoms with E-state index in [-0.39, 0.29) is 29.1 Å². The highest BCUT2D eigenvalue weighted by Crippen LogP contribution is 2.24. The van der Waals surface area contributed by atoms with Crippen molar-refractivity contribution in [3.8, 4) is 0 Å². The number of anilines is 1. The number of halogens is 2. The molecule has 146 valence electrons. The summed E-state index contributed by atoms with van der Waals surface area (Å²) in [6.07, 6.45) is 1.91. The molecule has 2 aromatic carbocycles. The maximum Gasteiger partial charge on any atom is 0.261 e. The average Bonchev–Trinajstić information content (AvgIpc) is 3.25. The first-order valence-corrected chi connectivity index (χ1v) is 9.42. The highest BCUT2D eigenvalue weighted by atomic mass is 32.1. The highest BCUT2D eigenvalue weighted by Gasteiger charge is 2.34. The van der Waals surface area contributed by atoms with Gasteiger partial charge in [-0.3, -0.25) is 24.6 Å². The summed E-state index contributed by atoms with van der Waals surface area (Å²) in [5.41, 5.74) is 0.745. The van der Waals surface area contributed by atoms with Crippen LogP contribution in [0.25, 0.3) is 0 Å². The molecule has 0 spiro atoms. The van der Waals surface area contributed by atoms with E-state index in [2.05, 4.69) is 10.3 Å². The van der Waals surface area contributed by atoms with Crippen LogP contribution < -0.4 is 5.32 Å². The Morgan fingerprint density at radius 3 is 2.38 bits per heavy atom. The van der Waals surface area contributed by atoms with Crippen LogP contribution in [0.3, 0.4) is 0 Å². The largest absolute Gasteiger partial charge is 0.298 e. The topological polar surface area (TPSA) is 79.4 Å². The Morgan fingerprint density at radius 1 is 1.03 bits per heavy atom. The first kappa shape index (κ1) is 18.9. The molecular formula is C20H13F2N3O3S. The Labute approximate surface area is 167 Å². The number of hydrogen-bond donors (Lipinski definition) is 1. The first-order chi connectivity index (χ1) is 13.9. The lowest BCUT2D eigenvalue weighted by Gasteiger charge is -2.12. The zero-order chi connectivity index (χ0) is 20.5. The molecule has 0 atom stereocenters. The van der Waals surface area contributed by atoms with Crippen molar-refractivity contribution in [2.75, 3.05) is 11.9 Å². The first-order valence-electron chi connectivity index (χ1n) is 8.60. The van der Waals surface area contributed by atoms with Gasteiger partial charge in [-0.1, -0.05) is 12.1 Å². The van der Waals surface area contributed by atoms with Crippen LogP contribution in [0.2, 0.25) is 0 Å². The van der Waals surface area contributed by atoms with E-state index < -0.39 is 17.5 Å². The Balaban J connectivity index is 1.39. The average molecular weight is 413 g/mol. The molecule has 0 fully saturated rings. The molecule has 0 radical (unpaired) electrons.